The van der Waals surface area contributed by atoms with Gasteiger partial charge in [0.25, 0.3) is 0 Å². The number of aliphatic carboxylic acids is 2. The molecule has 0 aliphatic heterocycles. The topological polar surface area (TPSA) is 143 Å². The second-order valence-corrected chi connectivity index (χ2v) is 4.15. The third kappa shape index (κ3) is 5.34. The fourth-order valence-electron chi connectivity index (χ4n) is 1.48. The minimum absolute atomic E-state index is 0.100. The minimum atomic E-state index is -1.27. The van der Waals surface area contributed by atoms with Crippen molar-refractivity contribution in [2.75, 3.05) is 5.73 Å². The van der Waals surface area contributed by atoms with E-state index in [9.17, 15) is 14.4 Å². The number of amides is 1. The van der Waals surface area contributed by atoms with Gasteiger partial charge in [0.15, 0.2) is 0 Å². The summed E-state index contributed by atoms with van der Waals surface area (Å²) in [5.41, 5.74) is 6.35. The SMILES string of the molecule is Nc1ccc(CC(=O)N[C@@H](CCC(=O)O)C(=O)O)nc1. The molecule has 1 aromatic rings. The van der Waals surface area contributed by atoms with Crippen molar-refractivity contribution < 1.29 is 24.6 Å². The first-order chi connectivity index (χ1) is 9.38. The van der Waals surface area contributed by atoms with E-state index < -0.39 is 23.9 Å². The summed E-state index contributed by atoms with van der Waals surface area (Å²) < 4.78 is 0. The lowest BCUT2D eigenvalue weighted by Crippen LogP contribution is -2.41. The maximum Gasteiger partial charge on any atom is 0.326 e. The summed E-state index contributed by atoms with van der Waals surface area (Å²) in [7, 11) is 0. The van der Waals surface area contributed by atoms with Crippen molar-refractivity contribution in [3.8, 4) is 0 Å². The van der Waals surface area contributed by atoms with Crippen LogP contribution >= 0.6 is 0 Å². The van der Waals surface area contributed by atoms with Crippen LogP contribution in [-0.4, -0.2) is 39.1 Å². The Morgan fingerprint density at radius 2 is 2.00 bits per heavy atom. The van der Waals surface area contributed by atoms with E-state index in [1.807, 2.05) is 0 Å². The lowest BCUT2D eigenvalue weighted by molar-refractivity contribution is -0.143. The van der Waals surface area contributed by atoms with Gasteiger partial charge in [0.2, 0.25) is 5.91 Å². The van der Waals surface area contributed by atoms with E-state index in [0.717, 1.165) is 0 Å². The van der Waals surface area contributed by atoms with Crippen LogP contribution in [0.2, 0.25) is 0 Å². The molecule has 0 saturated carbocycles. The highest BCUT2D eigenvalue weighted by Crippen LogP contribution is 2.03. The first-order valence-electron chi connectivity index (χ1n) is 5.83. The number of nitrogens with one attached hydrogen (secondary N) is 1. The van der Waals surface area contributed by atoms with Crippen LogP contribution < -0.4 is 11.1 Å². The fraction of sp³-hybridized carbons (Fsp3) is 0.333. The molecule has 8 heteroatoms. The van der Waals surface area contributed by atoms with E-state index in [2.05, 4.69) is 10.3 Å². The average molecular weight is 281 g/mol. The number of carbonyl (C=O) groups is 3. The standard InChI is InChI=1S/C12H15N3O5/c13-7-1-2-8(14-6-7)5-10(16)15-9(12(19)20)3-4-11(17)18/h1-2,6,9H,3-5,13H2,(H,15,16)(H,17,18)(H,19,20)/t9-/m0/s1. The molecule has 0 aliphatic rings. The zero-order valence-electron chi connectivity index (χ0n) is 10.6. The largest absolute Gasteiger partial charge is 0.481 e. The molecule has 1 aromatic heterocycles. The highest BCUT2D eigenvalue weighted by Gasteiger charge is 2.21. The van der Waals surface area contributed by atoms with E-state index in [4.69, 9.17) is 15.9 Å². The van der Waals surface area contributed by atoms with Gasteiger partial charge in [-0.15, -0.1) is 0 Å². The Hall–Kier alpha value is -2.64. The number of pyridine rings is 1. The monoisotopic (exact) mass is 281 g/mol. The van der Waals surface area contributed by atoms with Gasteiger partial charge in [-0.2, -0.15) is 0 Å². The highest BCUT2D eigenvalue weighted by molar-refractivity contribution is 5.85. The number of carboxylic acid groups (broad SMARTS) is 2. The van der Waals surface area contributed by atoms with E-state index in [-0.39, 0.29) is 19.3 Å². The predicted octanol–water partition coefficient (Wildman–Crippen LogP) is -0.360. The number of carbonyl (C=O) groups excluding carboxylic acids is 1. The number of anilines is 1. The Morgan fingerprint density at radius 1 is 1.30 bits per heavy atom. The van der Waals surface area contributed by atoms with Gasteiger partial charge in [0.05, 0.1) is 18.3 Å². The van der Waals surface area contributed by atoms with Crippen molar-refractivity contribution in [2.24, 2.45) is 0 Å². The molecule has 0 spiro atoms. The molecule has 5 N–H and O–H groups in total. The molecule has 1 rings (SSSR count). The van der Waals surface area contributed by atoms with Gasteiger partial charge < -0.3 is 21.3 Å². The van der Waals surface area contributed by atoms with Gasteiger partial charge in [-0.05, 0) is 18.6 Å². The fourth-order valence-corrected chi connectivity index (χ4v) is 1.48. The summed E-state index contributed by atoms with van der Waals surface area (Å²) in [6.45, 7) is 0. The molecular weight excluding hydrogens is 266 g/mol. The number of hydrogen-bond donors (Lipinski definition) is 4. The molecular formula is C12H15N3O5. The second kappa shape index (κ2) is 7.07. The van der Waals surface area contributed by atoms with Crippen LogP contribution in [0.15, 0.2) is 18.3 Å². The number of nitrogens with zero attached hydrogens (tertiary/aromatic N) is 1. The second-order valence-electron chi connectivity index (χ2n) is 4.15. The van der Waals surface area contributed by atoms with Crippen LogP contribution in [-0.2, 0) is 20.8 Å². The lowest BCUT2D eigenvalue weighted by atomic mass is 10.1. The van der Waals surface area contributed by atoms with Gasteiger partial charge in [-0.3, -0.25) is 14.6 Å². The minimum Gasteiger partial charge on any atom is -0.481 e. The van der Waals surface area contributed by atoms with Crippen LogP contribution in [0.25, 0.3) is 0 Å². The maximum absolute atomic E-state index is 11.7. The van der Waals surface area contributed by atoms with Gasteiger partial charge in [0.1, 0.15) is 6.04 Å². The number of nitrogens with two attached hydrogens (primary N) is 1. The first kappa shape index (κ1) is 15.4. The third-order valence-corrected chi connectivity index (χ3v) is 2.47. The Labute approximate surface area is 114 Å². The number of rotatable bonds is 7. The lowest BCUT2D eigenvalue weighted by Gasteiger charge is -2.13. The number of carboxylic acids is 2. The molecule has 0 aromatic carbocycles. The summed E-state index contributed by atoms with van der Waals surface area (Å²) in [4.78, 5) is 36.9. The molecule has 0 unspecified atom stereocenters. The molecule has 0 bridgehead atoms. The molecule has 20 heavy (non-hydrogen) atoms. The molecule has 8 nitrogen and oxygen atoms in total. The molecule has 1 atom stereocenters. The summed E-state index contributed by atoms with van der Waals surface area (Å²) >= 11 is 0. The third-order valence-electron chi connectivity index (χ3n) is 2.47. The van der Waals surface area contributed by atoms with E-state index in [1.165, 1.54) is 6.20 Å². The van der Waals surface area contributed by atoms with E-state index in [0.29, 0.717) is 11.4 Å². The Kier molecular flexibility index (Phi) is 5.45. The predicted molar refractivity (Wildman–Crippen MR) is 68.8 cm³/mol. The van der Waals surface area contributed by atoms with Gasteiger partial charge >= 0.3 is 11.9 Å². The van der Waals surface area contributed by atoms with Crippen molar-refractivity contribution >= 4 is 23.5 Å². The number of hydrogen-bond acceptors (Lipinski definition) is 5. The van der Waals surface area contributed by atoms with Crippen molar-refractivity contribution in [1.29, 1.82) is 0 Å². The van der Waals surface area contributed by atoms with Crippen molar-refractivity contribution in [1.82, 2.24) is 10.3 Å². The van der Waals surface area contributed by atoms with Crippen LogP contribution in [0.5, 0.6) is 0 Å². The zero-order valence-corrected chi connectivity index (χ0v) is 10.6. The number of nitrogen functional groups attached to an aromatic ring is 1. The summed E-state index contributed by atoms with van der Waals surface area (Å²) in [5.74, 6) is -2.93. The van der Waals surface area contributed by atoms with Gasteiger partial charge in [-0.25, -0.2) is 4.79 Å². The summed E-state index contributed by atoms with van der Waals surface area (Å²) in [6, 6.07) is 1.91. The quantitative estimate of drug-likeness (QED) is 0.534. The maximum atomic E-state index is 11.7. The van der Waals surface area contributed by atoms with Gasteiger partial charge in [0, 0.05) is 12.1 Å². The van der Waals surface area contributed by atoms with E-state index >= 15 is 0 Å². The van der Waals surface area contributed by atoms with Crippen molar-refractivity contribution in [3.05, 3.63) is 24.0 Å². The molecule has 0 saturated heterocycles. The Bertz CT molecular complexity index is 500. The zero-order chi connectivity index (χ0) is 15.1. The number of aromatic nitrogens is 1. The van der Waals surface area contributed by atoms with Gasteiger partial charge in [-0.1, -0.05) is 0 Å². The summed E-state index contributed by atoms with van der Waals surface area (Å²) in [5, 5.41) is 19.7. The molecule has 0 fully saturated rings. The summed E-state index contributed by atoms with van der Waals surface area (Å²) in [6.07, 6.45) is 0.780. The molecule has 1 amide bonds. The normalized spacial score (nSPS) is 11.6. The first-order valence-corrected chi connectivity index (χ1v) is 5.83. The molecule has 1 heterocycles. The molecule has 0 radical (unpaired) electrons. The molecule has 0 aliphatic carbocycles. The average Bonchev–Trinajstić information content (AvgIpc) is 2.36. The van der Waals surface area contributed by atoms with Crippen LogP contribution in [0.3, 0.4) is 0 Å². The van der Waals surface area contributed by atoms with Crippen LogP contribution in [0.4, 0.5) is 5.69 Å². The Balaban J connectivity index is 2.55. The van der Waals surface area contributed by atoms with Crippen molar-refractivity contribution in [3.63, 3.8) is 0 Å². The van der Waals surface area contributed by atoms with Crippen LogP contribution in [0, 0.1) is 0 Å². The smallest absolute Gasteiger partial charge is 0.326 e. The Morgan fingerprint density at radius 3 is 2.50 bits per heavy atom. The highest BCUT2D eigenvalue weighted by atomic mass is 16.4. The molecule has 108 valence electrons. The van der Waals surface area contributed by atoms with E-state index in [1.54, 1.807) is 12.1 Å². The van der Waals surface area contributed by atoms with Crippen molar-refractivity contribution in [2.45, 2.75) is 25.3 Å². The van der Waals surface area contributed by atoms with Crippen LogP contribution in [0.1, 0.15) is 18.5 Å².